The number of aliphatic hydroxyl groups is 1. The highest BCUT2D eigenvalue weighted by molar-refractivity contribution is 6.83. The molecule has 1 rings (SSSR count). The highest BCUT2D eigenvalue weighted by atomic mass is 28.3. The van der Waals surface area contributed by atoms with Crippen LogP contribution in [0, 0.1) is 17.4 Å². The summed E-state index contributed by atoms with van der Waals surface area (Å²) < 4.78 is 0. The zero-order valence-corrected chi connectivity index (χ0v) is 12.5. The van der Waals surface area contributed by atoms with Crippen LogP contribution in [0.25, 0.3) is 0 Å². The number of Topliss-reactive ketones (excluding diaryl/α,β-unsaturated/α-hetero) is 1. The summed E-state index contributed by atoms with van der Waals surface area (Å²) in [6.45, 7) is 8.63. The normalized spacial score (nSPS) is 29.0. The molecule has 0 aromatic heterocycles. The van der Waals surface area contributed by atoms with Gasteiger partial charge in [0.05, 0.1) is 0 Å². The Labute approximate surface area is 106 Å². The van der Waals surface area contributed by atoms with E-state index < -0.39 is 13.7 Å². The fourth-order valence-electron chi connectivity index (χ4n) is 2.24. The third-order valence-corrected chi connectivity index (χ3v) is 4.35. The minimum atomic E-state index is -1.27. The Morgan fingerprint density at radius 1 is 1.47 bits per heavy atom. The molecule has 17 heavy (non-hydrogen) atoms. The molecule has 0 unspecified atom stereocenters. The summed E-state index contributed by atoms with van der Waals surface area (Å²) in [5.41, 5.74) is 2.25. The maximum absolute atomic E-state index is 11.7. The van der Waals surface area contributed by atoms with Gasteiger partial charge in [0, 0.05) is 12.8 Å². The molecular formula is C14H24O2Si. The molecule has 1 N–H and O–H groups in total. The van der Waals surface area contributed by atoms with Gasteiger partial charge in [-0.05, 0) is 25.2 Å². The fraction of sp³-hybridized carbons (Fsp3) is 0.786. The van der Waals surface area contributed by atoms with Crippen LogP contribution in [0.15, 0.2) is 0 Å². The van der Waals surface area contributed by atoms with Crippen LogP contribution in [0.2, 0.25) is 19.6 Å². The summed E-state index contributed by atoms with van der Waals surface area (Å²) in [5.74, 6) is 3.33. The standard InChI is InChI=1S/C14H24O2Si/c1-12-8-9-13(15)14(12,16)10-6-5-7-11-17(2,3)4/h12,16H,5-6,8-10H2,1-4H3/t12-,14-/m0/s1. The number of carbonyl (C=O) groups excluding carboxylic acids is 1. The molecule has 1 aliphatic carbocycles. The van der Waals surface area contributed by atoms with Gasteiger partial charge in [-0.15, -0.1) is 11.5 Å². The lowest BCUT2D eigenvalue weighted by atomic mass is 9.86. The van der Waals surface area contributed by atoms with Gasteiger partial charge in [0.15, 0.2) is 5.78 Å². The van der Waals surface area contributed by atoms with Crippen LogP contribution >= 0.6 is 0 Å². The van der Waals surface area contributed by atoms with E-state index in [0.29, 0.717) is 12.8 Å². The van der Waals surface area contributed by atoms with E-state index in [1.165, 1.54) is 0 Å². The minimum absolute atomic E-state index is 0.0307. The van der Waals surface area contributed by atoms with Gasteiger partial charge in [-0.25, -0.2) is 0 Å². The molecule has 0 heterocycles. The van der Waals surface area contributed by atoms with Gasteiger partial charge < -0.3 is 5.11 Å². The second kappa shape index (κ2) is 5.37. The Kier molecular flexibility index (Phi) is 4.57. The lowest BCUT2D eigenvalue weighted by molar-refractivity contribution is -0.137. The number of hydrogen-bond donors (Lipinski definition) is 1. The van der Waals surface area contributed by atoms with Crippen molar-refractivity contribution in [2.24, 2.45) is 5.92 Å². The van der Waals surface area contributed by atoms with E-state index in [9.17, 15) is 9.90 Å². The van der Waals surface area contributed by atoms with Crippen molar-refractivity contribution in [3.8, 4) is 11.5 Å². The van der Waals surface area contributed by atoms with E-state index in [4.69, 9.17) is 0 Å². The number of unbranched alkanes of at least 4 members (excludes halogenated alkanes) is 1. The third kappa shape index (κ3) is 3.97. The van der Waals surface area contributed by atoms with E-state index in [-0.39, 0.29) is 11.7 Å². The molecule has 2 nitrogen and oxygen atoms in total. The first-order chi connectivity index (χ1) is 7.76. The average molecular weight is 252 g/mol. The maximum atomic E-state index is 11.7. The molecule has 0 amide bonds. The van der Waals surface area contributed by atoms with Gasteiger partial charge in [0.2, 0.25) is 0 Å². The Hall–Kier alpha value is -0.593. The van der Waals surface area contributed by atoms with Crippen molar-refractivity contribution in [3.05, 3.63) is 0 Å². The average Bonchev–Trinajstić information content (AvgIpc) is 2.44. The number of hydrogen-bond acceptors (Lipinski definition) is 2. The molecule has 1 saturated carbocycles. The van der Waals surface area contributed by atoms with Crippen LogP contribution in [-0.4, -0.2) is 24.6 Å². The predicted octanol–water partition coefficient (Wildman–Crippen LogP) is 2.77. The van der Waals surface area contributed by atoms with Crippen molar-refractivity contribution < 1.29 is 9.90 Å². The predicted molar refractivity (Wildman–Crippen MR) is 73.3 cm³/mol. The van der Waals surface area contributed by atoms with Crippen LogP contribution in [0.5, 0.6) is 0 Å². The van der Waals surface area contributed by atoms with Crippen molar-refractivity contribution in [3.63, 3.8) is 0 Å². The molecule has 0 saturated heterocycles. The monoisotopic (exact) mass is 252 g/mol. The van der Waals surface area contributed by atoms with Crippen molar-refractivity contribution in [2.45, 2.75) is 64.3 Å². The summed E-state index contributed by atoms with van der Waals surface area (Å²) in [4.78, 5) is 11.7. The molecule has 0 aromatic rings. The van der Waals surface area contributed by atoms with Gasteiger partial charge in [-0.3, -0.25) is 4.79 Å². The Morgan fingerprint density at radius 3 is 2.59 bits per heavy atom. The first kappa shape index (κ1) is 14.5. The first-order valence-electron chi connectivity index (χ1n) is 6.51. The zero-order valence-electron chi connectivity index (χ0n) is 11.5. The van der Waals surface area contributed by atoms with Crippen molar-refractivity contribution in [1.82, 2.24) is 0 Å². The third-order valence-electron chi connectivity index (χ3n) is 3.43. The van der Waals surface area contributed by atoms with E-state index in [0.717, 1.165) is 19.3 Å². The van der Waals surface area contributed by atoms with Gasteiger partial charge in [-0.2, -0.15) is 0 Å². The Bertz CT molecular complexity index is 345. The second-order valence-corrected chi connectivity index (χ2v) is 10.9. The van der Waals surface area contributed by atoms with Crippen LogP contribution in [-0.2, 0) is 4.79 Å². The molecule has 0 aromatic carbocycles. The highest BCUT2D eigenvalue weighted by Gasteiger charge is 2.45. The van der Waals surface area contributed by atoms with Gasteiger partial charge in [-0.1, -0.05) is 26.6 Å². The molecule has 2 atom stereocenters. The van der Waals surface area contributed by atoms with Gasteiger partial charge >= 0.3 is 0 Å². The molecule has 1 aliphatic rings. The zero-order chi connectivity index (χ0) is 13.1. The van der Waals surface area contributed by atoms with E-state index in [2.05, 4.69) is 31.1 Å². The van der Waals surface area contributed by atoms with E-state index in [1.807, 2.05) is 6.92 Å². The summed E-state index contributed by atoms with van der Waals surface area (Å²) >= 11 is 0. The lowest BCUT2D eigenvalue weighted by Gasteiger charge is -2.25. The largest absolute Gasteiger partial charge is 0.382 e. The molecule has 1 fully saturated rings. The topological polar surface area (TPSA) is 37.3 Å². The summed E-state index contributed by atoms with van der Waals surface area (Å²) in [5, 5.41) is 10.3. The van der Waals surface area contributed by atoms with Crippen molar-refractivity contribution in [2.75, 3.05) is 0 Å². The van der Waals surface area contributed by atoms with Crippen LogP contribution < -0.4 is 0 Å². The van der Waals surface area contributed by atoms with E-state index in [1.54, 1.807) is 0 Å². The van der Waals surface area contributed by atoms with Crippen molar-refractivity contribution >= 4 is 13.9 Å². The maximum Gasteiger partial charge on any atom is 0.164 e. The molecule has 3 heteroatoms. The van der Waals surface area contributed by atoms with Gasteiger partial charge in [0.25, 0.3) is 0 Å². The highest BCUT2D eigenvalue weighted by Crippen LogP contribution is 2.36. The van der Waals surface area contributed by atoms with Crippen LogP contribution in [0.1, 0.15) is 39.0 Å². The fourth-order valence-corrected chi connectivity index (χ4v) is 2.89. The molecule has 96 valence electrons. The van der Waals surface area contributed by atoms with Crippen LogP contribution in [0.3, 0.4) is 0 Å². The smallest absolute Gasteiger partial charge is 0.164 e. The number of ketones is 1. The summed E-state index contributed by atoms with van der Waals surface area (Å²) in [6.07, 6.45) is 3.57. The second-order valence-electron chi connectivity index (χ2n) is 6.19. The summed E-state index contributed by atoms with van der Waals surface area (Å²) in [6, 6.07) is 0. The summed E-state index contributed by atoms with van der Waals surface area (Å²) in [7, 11) is -1.27. The van der Waals surface area contributed by atoms with Gasteiger partial charge in [0.1, 0.15) is 13.7 Å². The van der Waals surface area contributed by atoms with Crippen LogP contribution in [0.4, 0.5) is 0 Å². The Morgan fingerprint density at radius 2 is 2.12 bits per heavy atom. The number of carbonyl (C=O) groups is 1. The first-order valence-corrected chi connectivity index (χ1v) is 10.0. The van der Waals surface area contributed by atoms with E-state index >= 15 is 0 Å². The minimum Gasteiger partial charge on any atom is -0.382 e. The SMILES string of the molecule is C[C@H]1CCC(=O)[C@]1(O)CCCC#C[Si](C)(C)C. The molecule has 0 bridgehead atoms. The molecule has 0 spiro atoms. The Balaban J connectivity index is 2.40. The number of rotatable bonds is 3. The molecule has 0 aliphatic heterocycles. The van der Waals surface area contributed by atoms with Crippen molar-refractivity contribution in [1.29, 1.82) is 0 Å². The molecule has 0 radical (unpaired) electrons. The quantitative estimate of drug-likeness (QED) is 0.476. The lowest BCUT2D eigenvalue weighted by Crippen LogP contribution is -2.38. The molecular weight excluding hydrogens is 228 g/mol.